The molecular weight excluding hydrogens is 256 g/mol. The number of esters is 1. The van der Waals surface area contributed by atoms with E-state index in [4.69, 9.17) is 4.74 Å². The Hall–Kier alpha value is -1.09. The lowest BCUT2D eigenvalue weighted by atomic mass is 10.2. The van der Waals surface area contributed by atoms with Gasteiger partial charge in [-0.15, -0.1) is 0 Å². The standard InChI is InChI=1S/C12H13BrO2/c1-2-15-12(14)9-8-11(13)10-6-4-3-5-7-10/h3-8H,2,9H2,1H3/b11-8-. The van der Waals surface area contributed by atoms with Gasteiger partial charge >= 0.3 is 5.97 Å². The quantitative estimate of drug-likeness (QED) is 0.783. The normalized spacial score (nSPS) is 11.2. The van der Waals surface area contributed by atoms with Crippen molar-refractivity contribution in [3.05, 3.63) is 42.0 Å². The van der Waals surface area contributed by atoms with Gasteiger partial charge in [0.25, 0.3) is 0 Å². The SMILES string of the molecule is CCOC(=O)C/C=C(\Br)c1ccccc1. The van der Waals surface area contributed by atoms with Crippen LogP contribution < -0.4 is 0 Å². The van der Waals surface area contributed by atoms with E-state index < -0.39 is 0 Å². The Labute approximate surface area is 98.1 Å². The minimum atomic E-state index is -0.203. The molecule has 0 saturated carbocycles. The molecule has 1 aromatic carbocycles. The number of hydrogen-bond donors (Lipinski definition) is 0. The lowest BCUT2D eigenvalue weighted by molar-refractivity contribution is -0.142. The third kappa shape index (κ3) is 4.30. The molecule has 0 aliphatic rings. The summed E-state index contributed by atoms with van der Waals surface area (Å²) in [7, 11) is 0. The van der Waals surface area contributed by atoms with E-state index in [9.17, 15) is 4.79 Å². The number of hydrogen-bond acceptors (Lipinski definition) is 2. The van der Waals surface area contributed by atoms with Crippen molar-refractivity contribution in [1.82, 2.24) is 0 Å². The highest BCUT2D eigenvalue weighted by Crippen LogP contribution is 2.20. The van der Waals surface area contributed by atoms with Crippen LogP contribution in [-0.2, 0) is 9.53 Å². The lowest BCUT2D eigenvalue weighted by Crippen LogP contribution is -2.01. The third-order valence-electron chi connectivity index (χ3n) is 1.80. The Balaban J connectivity index is 2.57. The third-order valence-corrected chi connectivity index (χ3v) is 2.58. The van der Waals surface area contributed by atoms with Gasteiger partial charge in [-0.2, -0.15) is 0 Å². The molecular formula is C12H13BrO2. The highest BCUT2D eigenvalue weighted by atomic mass is 79.9. The number of rotatable bonds is 4. The van der Waals surface area contributed by atoms with Gasteiger partial charge in [-0.1, -0.05) is 52.3 Å². The molecule has 0 fully saturated rings. The molecule has 0 spiro atoms. The Kier molecular flexibility index (Phi) is 5.12. The van der Waals surface area contributed by atoms with E-state index in [2.05, 4.69) is 15.9 Å². The average molecular weight is 269 g/mol. The van der Waals surface area contributed by atoms with Gasteiger partial charge in [0, 0.05) is 4.48 Å². The van der Waals surface area contributed by atoms with E-state index in [1.54, 1.807) is 6.92 Å². The van der Waals surface area contributed by atoms with Crippen LogP contribution in [0.2, 0.25) is 0 Å². The molecule has 0 aromatic heterocycles. The van der Waals surface area contributed by atoms with Crippen molar-refractivity contribution >= 4 is 26.4 Å². The van der Waals surface area contributed by atoms with E-state index >= 15 is 0 Å². The van der Waals surface area contributed by atoms with E-state index in [0.717, 1.165) is 10.0 Å². The Bertz CT molecular complexity index is 344. The molecule has 0 aliphatic carbocycles. The van der Waals surface area contributed by atoms with Crippen LogP contribution in [-0.4, -0.2) is 12.6 Å². The molecule has 1 aromatic rings. The molecule has 80 valence electrons. The summed E-state index contributed by atoms with van der Waals surface area (Å²) < 4.78 is 5.74. The smallest absolute Gasteiger partial charge is 0.309 e. The number of benzene rings is 1. The molecule has 0 saturated heterocycles. The van der Waals surface area contributed by atoms with Gasteiger partial charge in [0.1, 0.15) is 0 Å². The largest absolute Gasteiger partial charge is 0.466 e. The summed E-state index contributed by atoms with van der Waals surface area (Å²) in [5.74, 6) is -0.203. The van der Waals surface area contributed by atoms with Crippen molar-refractivity contribution in [3.8, 4) is 0 Å². The van der Waals surface area contributed by atoms with E-state index in [0.29, 0.717) is 13.0 Å². The maximum Gasteiger partial charge on any atom is 0.309 e. The fourth-order valence-corrected chi connectivity index (χ4v) is 1.53. The van der Waals surface area contributed by atoms with Gasteiger partial charge in [0.2, 0.25) is 0 Å². The maximum atomic E-state index is 11.1. The van der Waals surface area contributed by atoms with Crippen LogP contribution in [0.3, 0.4) is 0 Å². The fourth-order valence-electron chi connectivity index (χ4n) is 1.11. The van der Waals surface area contributed by atoms with Crippen LogP contribution in [0.5, 0.6) is 0 Å². The van der Waals surface area contributed by atoms with Crippen molar-refractivity contribution in [3.63, 3.8) is 0 Å². The summed E-state index contributed by atoms with van der Waals surface area (Å²) in [6.07, 6.45) is 2.11. The second kappa shape index (κ2) is 6.40. The first-order valence-electron chi connectivity index (χ1n) is 4.80. The van der Waals surface area contributed by atoms with E-state index in [1.807, 2.05) is 36.4 Å². The summed E-state index contributed by atoms with van der Waals surface area (Å²) in [6.45, 7) is 2.23. The molecule has 0 N–H and O–H groups in total. The van der Waals surface area contributed by atoms with Crippen LogP contribution in [0.15, 0.2) is 36.4 Å². The number of carbonyl (C=O) groups excluding carboxylic acids is 1. The van der Waals surface area contributed by atoms with Gasteiger partial charge in [0.15, 0.2) is 0 Å². The zero-order valence-corrected chi connectivity index (χ0v) is 10.2. The Morgan fingerprint density at radius 1 is 1.40 bits per heavy atom. The van der Waals surface area contributed by atoms with Gasteiger partial charge in [0.05, 0.1) is 13.0 Å². The summed E-state index contributed by atoms with van der Waals surface area (Å²) in [4.78, 5) is 11.1. The summed E-state index contributed by atoms with van der Waals surface area (Å²) in [5.41, 5.74) is 1.06. The van der Waals surface area contributed by atoms with E-state index in [1.165, 1.54) is 0 Å². The molecule has 0 radical (unpaired) electrons. The van der Waals surface area contributed by atoms with Crippen LogP contribution in [0, 0.1) is 0 Å². The molecule has 1 rings (SSSR count). The van der Waals surface area contributed by atoms with Gasteiger partial charge in [-0.25, -0.2) is 0 Å². The number of halogens is 1. The van der Waals surface area contributed by atoms with Gasteiger partial charge in [-0.3, -0.25) is 4.79 Å². The molecule has 0 amide bonds. The highest BCUT2D eigenvalue weighted by Gasteiger charge is 2.00. The predicted molar refractivity (Wildman–Crippen MR) is 64.6 cm³/mol. The van der Waals surface area contributed by atoms with Crippen molar-refractivity contribution in [2.45, 2.75) is 13.3 Å². The Morgan fingerprint density at radius 2 is 2.07 bits per heavy atom. The van der Waals surface area contributed by atoms with Crippen LogP contribution in [0.1, 0.15) is 18.9 Å². The molecule has 0 aliphatic heterocycles. The zero-order chi connectivity index (χ0) is 11.1. The van der Waals surface area contributed by atoms with Crippen molar-refractivity contribution < 1.29 is 9.53 Å². The summed E-state index contributed by atoms with van der Waals surface area (Å²) >= 11 is 3.42. The minimum Gasteiger partial charge on any atom is -0.466 e. The average Bonchev–Trinajstić information content (AvgIpc) is 2.27. The molecule has 0 bridgehead atoms. The van der Waals surface area contributed by atoms with Gasteiger partial charge in [-0.05, 0) is 12.5 Å². The molecule has 0 atom stereocenters. The molecule has 15 heavy (non-hydrogen) atoms. The maximum absolute atomic E-state index is 11.1. The molecule has 3 heteroatoms. The van der Waals surface area contributed by atoms with Crippen molar-refractivity contribution in [2.75, 3.05) is 6.61 Å². The predicted octanol–water partition coefficient (Wildman–Crippen LogP) is 3.38. The lowest BCUT2D eigenvalue weighted by Gasteiger charge is -2.00. The first-order chi connectivity index (χ1) is 7.24. The van der Waals surface area contributed by atoms with Crippen LogP contribution >= 0.6 is 15.9 Å². The second-order valence-electron chi connectivity index (χ2n) is 2.93. The highest BCUT2D eigenvalue weighted by molar-refractivity contribution is 9.15. The monoisotopic (exact) mass is 268 g/mol. The molecule has 0 unspecified atom stereocenters. The second-order valence-corrected chi connectivity index (χ2v) is 3.78. The summed E-state index contributed by atoms with van der Waals surface area (Å²) in [5, 5.41) is 0. The van der Waals surface area contributed by atoms with E-state index in [-0.39, 0.29) is 5.97 Å². The summed E-state index contributed by atoms with van der Waals surface area (Å²) in [6, 6.07) is 9.82. The number of carbonyl (C=O) groups is 1. The topological polar surface area (TPSA) is 26.3 Å². The first kappa shape index (κ1) is 12.0. The minimum absolute atomic E-state index is 0.203. The zero-order valence-electron chi connectivity index (χ0n) is 8.57. The van der Waals surface area contributed by atoms with Crippen molar-refractivity contribution in [2.24, 2.45) is 0 Å². The van der Waals surface area contributed by atoms with Gasteiger partial charge < -0.3 is 4.74 Å². The fraction of sp³-hybridized carbons (Fsp3) is 0.250. The van der Waals surface area contributed by atoms with Crippen molar-refractivity contribution in [1.29, 1.82) is 0 Å². The van der Waals surface area contributed by atoms with Crippen LogP contribution in [0.25, 0.3) is 4.48 Å². The Morgan fingerprint density at radius 3 is 2.67 bits per heavy atom. The first-order valence-corrected chi connectivity index (χ1v) is 5.60. The van der Waals surface area contributed by atoms with Crippen LogP contribution in [0.4, 0.5) is 0 Å². The molecule has 2 nitrogen and oxygen atoms in total. The molecule has 0 heterocycles. The number of ether oxygens (including phenoxy) is 1.